The minimum Gasteiger partial charge on any atom is -0.437 e. The Morgan fingerprint density at radius 3 is 2.83 bits per heavy atom. The molecule has 1 aromatic heterocycles. The normalized spacial score (nSPS) is 14.1. The molecule has 2 N–H and O–H groups in total. The molecule has 0 bridgehead atoms. The zero-order chi connectivity index (χ0) is 16.1. The lowest BCUT2D eigenvalue weighted by Crippen LogP contribution is -1.96. The highest BCUT2D eigenvalue weighted by atomic mass is 19.1. The fourth-order valence-corrected chi connectivity index (χ4v) is 2.91. The summed E-state index contributed by atoms with van der Waals surface area (Å²) in [5.41, 5.74) is 8.61. The van der Waals surface area contributed by atoms with E-state index in [2.05, 4.69) is 11.1 Å². The predicted molar refractivity (Wildman–Crippen MR) is 85.2 cm³/mol. The lowest BCUT2D eigenvalue weighted by atomic mass is 9.95. The zero-order valence-electron chi connectivity index (χ0n) is 12.6. The van der Waals surface area contributed by atoms with Crippen LogP contribution in [0.3, 0.4) is 0 Å². The third-order valence-corrected chi connectivity index (χ3v) is 4.26. The van der Waals surface area contributed by atoms with Gasteiger partial charge in [0.25, 0.3) is 0 Å². The highest BCUT2D eigenvalue weighted by molar-refractivity contribution is 5.90. The molecule has 0 atom stereocenters. The molecule has 4 rings (SSSR count). The highest BCUT2D eigenvalue weighted by Gasteiger charge is 2.31. The van der Waals surface area contributed by atoms with Crippen molar-refractivity contribution < 1.29 is 8.81 Å². The molecule has 3 aromatic rings. The number of halogens is 1. The number of aromatic nitrogens is 1. The minimum atomic E-state index is -0.485. The summed E-state index contributed by atoms with van der Waals surface area (Å²) in [6.45, 7) is 1.73. The summed E-state index contributed by atoms with van der Waals surface area (Å²) in [7, 11) is 0. The van der Waals surface area contributed by atoms with Gasteiger partial charge in [0.15, 0.2) is 17.3 Å². The van der Waals surface area contributed by atoms with Gasteiger partial charge < -0.3 is 10.2 Å². The summed E-state index contributed by atoms with van der Waals surface area (Å²) < 4.78 is 20.7. The van der Waals surface area contributed by atoms with Gasteiger partial charge in [-0.25, -0.2) is 9.37 Å². The number of rotatable bonds is 2. The van der Waals surface area contributed by atoms with E-state index in [4.69, 9.17) is 10.2 Å². The van der Waals surface area contributed by atoms with Crippen molar-refractivity contribution in [1.29, 1.82) is 5.26 Å². The van der Waals surface area contributed by atoms with E-state index < -0.39 is 5.82 Å². The molecule has 0 aliphatic heterocycles. The van der Waals surface area contributed by atoms with E-state index >= 15 is 4.39 Å². The predicted octanol–water partition coefficient (Wildman–Crippen LogP) is 4.27. The molecular formula is C18H14FN3O. The third-order valence-electron chi connectivity index (χ3n) is 4.26. The number of benzene rings is 2. The lowest BCUT2D eigenvalue weighted by Gasteiger charge is -2.10. The molecule has 1 heterocycles. The first-order valence-electron chi connectivity index (χ1n) is 7.48. The molecule has 0 radical (unpaired) electrons. The van der Waals surface area contributed by atoms with Gasteiger partial charge in [0, 0.05) is 17.2 Å². The quantitative estimate of drug-likeness (QED) is 0.717. The van der Waals surface area contributed by atoms with Crippen molar-refractivity contribution in [2.75, 3.05) is 5.73 Å². The second-order valence-corrected chi connectivity index (χ2v) is 5.93. The Labute approximate surface area is 132 Å². The van der Waals surface area contributed by atoms with E-state index in [0.717, 1.165) is 12.8 Å². The van der Waals surface area contributed by atoms with Crippen LogP contribution >= 0.6 is 0 Å². The average Bonchev–Trinajstić information content (AvgIpc) is 3.28. The third kappa shape index (κ3) is 2.07. The van der Waals surface area contributed by atoms with E-state index in [-0.39, 0.29) is 11.5 Å². The smallest absolute Gasteiger partial charge is 0.198 e. The van der Waals surface area contributed by atoms with Gasteiger partial charge in [-0.3, -0.25) is 0 Å². The SMILES string of the molecule is Cc1c(-c2cccc(N)c2)c(F)c2oc(C3CC3)nc2c1C#N. The average molecular weight is 307 g/mol. The summed E-state index contributed by atoms with van der Waals surface area (Å²) in [6.07, 6.45) is 1.99. The van der Waals surface area contributed by atoms with E-state index in [1.54, 1.807) is 31.2 Å². The lowest BCUT2D eigenvalue weighted by molar-refractivity contribution is 0.509. The van der Waals surface area contributed by atoms with Crippen molar-refractivity contribution in [2.45, 2.75) is 25.7 Å². The van der Waals surface area contributed by atoms with E-state index in [0.29, 0.717) is 39.3 Å². The Kier molecular flexibility index (Phi) is 2.88. The fourth-order valence-electron chi connectivity index (χ4n) is 2.91. The maximum atomic E-state index is 15.1. The van der Waals surface area contributed by atoms with Gasteiger partial charge in [-0.1, -0.05) is 12.1 Å². The van der Waals surface area contributed by atoms with Gasteiger partial charge >= 0.3 is 0 Å². The molecule has 0 unspecified atom stereocenters. The zero-order valence-corrected chi connectivity index (χ0v) is 12.6. The largest absolute Gasteiger partial charge is 0.437 e. The first-order valence-corrected chi connectivity index (χ1v) is 7.48. The van der Waals surface area contributed by atoms with Crippen molar-refractivity contribution in [1.82, 2.24) is 4.98 Å². The van der Waals surface area contributed by atoms with Crippen LogP contribution in [0.15, 0.2) is 28.7 Å². The Hall–Kier alpha value is -2.87. The Balaban J connectivity index is 2.06. The molecule has 1 fully saturated rings. The van der Waals surface area contributed by atoms with Crippen LogP contribution in [-0.2, 0) is 0 Å². The van der Waals surface area contributed by atoms with Crippen LogP contribution in [0.25, 0.3) is 22.2 Å². The van der Waals surface area contributed by atoms with Crippen LogP contribution in [0, 0.1) is 24.1 Å². The van der Waals surface area contributed by atoms with E-state index in [1.165, 1.54) is 0 Å². The number of anilines is 1. The van der Waals surface area contributed by atoms with Gasteiger partial charge in [-0.15, -0.1) is 0 Å². The maximum Gasteiger partial charge on any atom is 0.198 e. The van der Waals surface area contributed by atoms with Crippen LogP contribution in [0.2, 0.25) is 0 Å². The standard InChI is InChI=1S/C18H14FN3O/c1-9-13(8-20)16-17(23-18(22-16)10-5-6-10)15(19)14(9)11-3-2-4-12(21)7-11/h2-4,7,10H,5-6,21H2,1H3. The summed E-state index contributed by atoms with van der Waals surface area (Å²) in [6, 6.07) is 9.10. The Morgan fingerprint density at radius 1 is 1.39 bits per heavy atom. The van der Waals surface area contributed by atoms with Crippen molar-refractivity contribution in [3.8, 4) is 17.2 Å². The summed E-state index contributed by atoms with van der Waals surface area (Å²) in [5, 5.41) is 9.52. The molecule has 4 nitrogen and oxygen atoms in total. The molecule has 2 aromatic carbocycles. The molecule has 0 saturated heterocycles. The first kappa shape index (κ1) is 13.8. The van der Waals surface area contributed by atoms with Crippen LogP contribution in [-0.4, -0.2) is 4.98 Å². The van der Waals surface area contributed by atoms with Crippen molar-refractivity contribution in [3.63, 3.8) is 0 Å². The van der Waals surface area contributed by atoms with E-state index in [9.17, 15) is 5.26 Å². The molecule has 1 aliphatic rings. The van der Waals surface area contributed by atoms with Gasteiger partial charge in [0.2, 0.25) is 0 Å². The fraction of sp³-hybridized carbons (Fsp3) is 0.222. The number of nitrogens with zero attached hydrogens (tertiary/aromatic N) is 2. The number of nitriles is 1. The van der Waals surface area contributed by atoms with Gasteiger partial charge in [-0.2, -0.15) is 5.26 Å². The molecule has 114 valence electrons. The second-order valence-electron chi connectivity index (χ2n) is 5.93. The minimum absolute atomic E-state index is 0.0616. The molecule has 1 aliphatic carbocycles. The summed E-state index contributed by atoms with van der Waals surface area (Å²) in [5.74, 6) is 0.297. The van der Waals surface area contributed by atoms with Crippen LogP contribution in [0.1, 0.15) is 35.8 Å². The highest BCUT2D eigenvalue weighted by Crippen LogP contribution is 2.43. The number of nitrogen functional groups attached to an aromatic ring is 1. The molecule has 0 spiro atoms. The molecule has 0 amide bonds. The maximum absolute atomic E-state index is 15.1. The van der Waals surface area contributed by atoms with Crippen LogP contribution in [0.5, 0.6) is 0 Å². The Bertz CT molecular complexity index is 980. The first-order chi connectivity index (χ1) is 11.1. The molecule has 23 heavy (non-hydrogen) atoms. The van der Waals surface area contributed by atoms with Crippen LogP contribution in [0.4, 0.5) is 10.1 Å². The van der Waals surface area contributed by atoms with E-state index in [1.807, 2.05) is 0 Å². The van der Waals surface area contributed by atoms with Crippen molar-refractivity contribution in [2.24, 2.45) is 0 Å². The van der Waals surface area contributed by atoms with Crippen LogP contribution < -0.4 is 5.73 Å². The number of hydrogen-bond donors (Lipinski definition) is 1. The van der Waals surface area contributed by atoms with Gasteiger partial charge in [0.1, 0.15) is 11.6 Å². The molecule has 1 saturated carbocycles. The van der Waals surface area contributed by atoms with Gasteiger partial charge in [-0.05, 0) is 43.0 Å². The Morgan fingerprint density at radius 2 is 2.17 bits per heavy atom. The summed E-state index contributed by atoms with van der Waals surface area (Å²) in [4.78, 5) is 4.37. The number of hydrogen-bond acceptors (Lipinski definition) is 4. The van der Waals surface area contributed by atoms with Crippen molar-refractivity contribution in [3.05, 3.63) is 47.1 Å². The molecule has 5 heteroatoms. The summed E-state index contributed by atoms with van der Waals surface area (Å²) >= 11 is 0. The molecular weight excluding hydrogens is 293 g/mol. The number of nitrogens with two attached hydrogens (primary N) is 1. The monoisotopic (exact) mass is 307 g/mol. The van der Waals surface area contributed by atoms with Crippen molar-refractivity contribution >= 4 is 16.8 Å². The number of oxazole rings is 1. The topological polar surface area (TPSA) is 75.8 Å². The number of fused-ring (bicyclic) bond motifs is 1. The second kappa shape index (κ2) is 4.82. The van der Waals surface area contributed by atoms with Gasteiger partial charge in [0.05, 0.1) is 5.56 Å².